The van der Waals surface area contributed by atoms with Crippen molar-refractivity contribution < 1.29 is 14.3 Å². The molecule has 2 aromatic carbocycles. The van der Waals surface area contributed by atoms with Gasteiger partial charge < -0.3 is 14.8 Å². The van der Waals surface area contributed by atoms with E-state index in [1.54, 1.807) is 4.68 Å². The van der Waals surface area contributed by atoms with E-state index in [4.69, 9.17) is 9.47 Å². The molecule has 0 saturated heterocycles. The zero-order valence-electron chi connectivity index (χ0n) is 17.1. The second-order valence-electron chi connectivity index (χ2n) is 7.31. The third-order valence-electron chi connectivity index (χ3n) is 4.69. The van der Waals surface area contributed by atoms with Crippen LogP contribution in [0.1, 0.15) is 37.9 Å². The minimum atomic E-state index is -0.532. The minimum Gasteiger partial charge on any atom is -0.491 e. The van der Waals surface area contributed by atoms with Crippen LogP contribution in [-0.2, 0) is 16.1 Å². The summed E-state index contributed by atoms with van der Waals surface area (Å²) in [7, 11) is 0. The van der Waals surface area contributed by atoms with Crippen molar-refractivity contribution in [2.45, 2.75) is 39.5 Å². The summed E-state index contributed by atoms with van der Waals surface area (Å²) in [6.45, 7) is 5.93. The smallest absolute Gasteiger partial charge is 0.338 e. The van der Waals surface area contributed by atoms with Crippen LogP contribution in [0.15, 0.2) is 65.9 Å². The molecule has 8 nitrogen and oxygen atoms in total. The number of rotatable bonds is 6. The Morgan fingerprint density at radius 3 is 2.73 bits per heavy atom. The van der Waals surface area contributed by atoms with Crippen LogP contribution in [0.4, 0.5) is 5.95 Å². The molecule has 0 radical (unpaired) electrons. The summed E-state index contributed by atoms with van der Waals surface area (Å²) in [4.78, 5) is 13.1. The molecule has 154 valence electrons. The summed E-state index contributed by atoms with van der Waals surface area (Å²) in [5, 5.41) is 15.0. The molecule has 0 aliphatic carbocycles. The first-order valence-corrected chi connectivity index (χ1v) is 9.76. The number of tetrazole rings is 1. The number of ether oxygens (including phenoxy) is 2. The lowest BCUT2D eigenvalue weighted by molar-refractivity contribution is -0.140. The first kappa shape index (κ1) is 19.6. The van der Waals surface area contributed by atoms with Gasteiger partial charge in [-0.3, -0.25) is 0 Å². The van der Waals surface area contributed by atoms with Gasteiger partial charge in [-0.05, 0) is 54.5 Å². The van der Waals surface area contributed by atoms with E-state index < -0.39 is 12.0 Å². The number of nitrogens with zero attached hydrogens (tertiary/aromatic N) is 4. The molecule has 0 spiro atoms. The van der Waals surface area contributed by atoms with E-state index in [9.17, 15) is 4.79 Å². The van der Waals surface area contributed by atoms with Crippen LogP contribution in [0.3, 0.4) is 0 Å². The van der Waals surface area contributed by atoms with Crippen LogP contribution in [-0.4, -0.2) is 32.3 Å². The van der Waals surface area contributed by atoms with Crippen molar-refractivity contribution in [3.05, 3.63) is 77.0 Å². The van der Waals surface area contributed by atoms with Crippen molar-refractivity contribution in [2.24, 2.45) is 0 Å². The molecule has 0 bridgehead atoms. The quantitative estimate of drug-likeness (QED) is 0.628. The number of carbonyl (C=O) groups is 1. The molecule has 2 heterocycles. The van der Waals surface area contributed by atoms with Crippen LogP contribution in [0.5, 0.6) is 5.75 Å². The topological polar surface area (TPSA) is 91.2 Å². The predicted octanol–water partition coefficient (Wildman–Crippen LogP) is 3.49. The maximum absolute atomic E-state index is 13.1. The average molecular weight is 405 g/mol. The molecule has 1 aliphatic heterocycles. The average Bonchev–Trinajstić information content (AvgIpc) is 3.19. The monoisotopic (exact) mass is 405 g/mol. The van der Waals surface area contributed by atoms with Gasteiger partial charge in [0.2, 0.25) is 5.95 Å². The number of aromatic nitrogens is 4. The highest BCUT2D eigenvalue weighted by Gasteiger charge is 2.35. The Balaban J connectivity index is 1.68. The first-order chi connectivity index (χ1) is 14.5. The van der Waals surface area contributed by atoms with Gasteiger partial charge in [-0.25, -0.2) is 4.79 Å². The van der Waals surface area contributed by atoms with Crippen molar-refractivity contribution in [2.75, 3.05) is 5.32 Å². The van der Waals surface area contributed by atoms with Crippen molar-refractivity contribution >= 4 is 11.9 Å². The van der Waals surface area contributed by atoms with E-state index >= 15 is 0 Å². The summed E-state index contributed by atoms with van der Waals surface area (Å²) < 4.78 is 13.0. The molecule has 1 aliphatic rings. The number of nitrogens with one attached hydrogen (secondary N) is 1. The number of hydrogen-bond donors (Lipinski definition) is 1. The normalized spacial score (nSPS) is 15.5. The summed E-state index contributed by atoms with van der Waals surface area (Å²) in [5.41, 5.74) is 2.84. The maximum Gasteiger partial charge on any atom is 0.338 e. The van der Waals surface area contributed by atoms with Crippen molar-refractivity contribution in [1.82, 2.24) is 20.2 Å². The lowest BCUT2D eigenvalue weighted by Crippen LogP contribution is -2.29. The third-order valence-corrected chi connectivity index (χ3v) is 4.69. The Morgan fingerprint density at radius 2 is 1.97 bits per heavy atom. The number of esters is 1. The van der Waals surface area contributed by atoms with E-state index in [1.165, 1.54) is 0 Å². The Kier molecular flexibility index (Phi) is 5.47. The van der Waals surface area contributed by atoms with Crippen molar-refractivity contribution in [3.63, 3.8) is 0 Å². The van der Waals surface area contributed by atoms with Crippen LogP contribution < -0.4 is 10.1 Å². The predicted molar refractivity (Wildman–Crippen MR) is 111 cm³/mol. The number of fused-ring (bicyclic) bond motifs is 1. The molecule has 30 heavy (non-hydrogen) atoms. The zero-order valence-corrected chi connectivity index (χ0v) is 17.1. The molecular weight excluding hydrogens is 382 g/mol. The van der Waals surface area contributed by atoms with Gasteiger partial charge in [0, 0.05) is 5.70 Å². The minimum absolute atomic E-state index is 0.0319. The molecule has 8 heteroatoms. The Bertz CT molecular complexity index is 1080. The molecule has 1 unspecified atom stereocenters. The second-order valence-corrected chi connectivity index (χ2v) is 7.31. The van der Waals surface area contributed by atoms with E-state index in [0.717, 1.165) is 11.1 Å². The lowest BCUT2D eigenvalue weighted by atomic mass is 9.95. The molecule has 1 atom stereocenters. The Labute approximate surface area is 174 Å². The molecule has 3 aromatic rings. The fourth-order valence-electron chi connectivity index (χ4n) is 3.42. The fraction of sp³-hybridized carbons (Fsp3) is 0.273. The van der Waals surface area contributed by atoms with E-state index in [1.807, 2.05) is 75.4 Å². The van der Waals surface area contributed by atoms with Crippen molar-refractivity contribution in [1.29, 1.82) is 0 Å². The van der Waals surface area contributed by atoms with Gasteiger partial charge >= 0.3 is 5.97 Å². The van der Waals surface area contributed by atoms with Crippen LogP contribution in [0, 0.1) is 0 Å². The van der Waals surface area contributed by atoms with Crippen LogP contribution >= 0.6 is 0 Å². The van der Waals surface area contributed by atoms with Gasteiger partial charge in [-0.1, -0.05) is 47.6 Å². The van der Waals surface area contributed by atoms with Gasteiger partial charge in [0.15, 0.2) is 0 Å². The molecule has 4 rings (SSSR count). The van der Waals surface area contributed by atoms with Gasteiger partial charge in [0.1, 0.15) is 18.4 Å². The third kappa shape index (κ3) is 4.03. The largest absolute Gasteiger partial charge is 0.491 e. The van der Waals surface area contributed by atoms with Gasteiger partial charge in [-0.15, -0.1) is 0 Å². The highest BCUT2D eigenvalue weighted by molar-refractivity contribution is 5.92. The highest BCUT2D eigenvalue weighted by Crippen LogP contribution is 2.36. The number of anilines is 1. The fourth-order valence-corrected chi connectivity index (χ4v) is 3.42. The SMILES string of the molecule is CC1=C(C(=O)OCc2ccccc2)C(c2cccc(OC(C)C)c2)n2nnnc2N1. The summed E-state index contributed by atoms with van der Waals surface area (Å²) in [6.07, 6.45) is 0.0319. The highest BCUT2D eigenvalue weighted by atomic mass is 16.5. The van der Waals surface area contributed by atoms with Gasteiger partial charge in [0.05, 0.1) is 11.7 Å². The molecule has 0 fully saturated rings. The van der Waals surface area contributed by atoms with E-state index in [-0.39, 0.29) is 12.7 Å². The van der Waals surface area contributed by atoms with E-state index in [2.05, 4.69) is 20.8 Å². The van der Waals surface area contributed by atoms with Crippen molar-refractivity contribution in [3.8, 4) is 5.75 Å². The lowest BCUT2D eigenvalue weighted by Gasteiger charge is -2.27. The molecule has 1 N–H and O–H groups in total. The summed E-state index contributed by atoms with van der Waals surface area (Å²) >= 11 is 0. The standard InChI is InChI=1S/C22H23N5O3/c1-14(2)30-18-11-7-10-17(12-18)20-19(15(3)23-22-24-25-26-27(20)22)21(28)29-13-16-8-5-4-6-9-16/h4-12,14,20H,13H2,1-3H3,(H,23,24,26). The summed E-state index contributed by atoms with van der Waals surface area (Å²) in [5.74, 6) is 0.753. The molecule has 0 amide bonds. The first-order valence-electron chi connectivity index (χ1n) is 9.76. The zero-order chi connectivity index (χ0) is 21.1. The van der Waals surface area contributed by atoms with Gasteiger partial charge in [0.25, 0.3) is 0 Å². The molecule has 1 aromatic heterocycles. The number of carbonyl (C=O) groups excluding carboxylic acids is 1. The second kappa shape index (κ2) is 8.36. The van der Waals surface area contributed by atoms with Crippen LogP contribution in [0.2, 0.25) is 0 Å². The number of hydrogen-bond acceptors (Lipinski definition) is 7. The van der Waals surface area contributed by atoms with E-state index in [0.29, 0.717) is 23.0 Å². The summed E-state index contributed by atoms with van der Waals surface area (Å²) in [6, 6.07) is 16.6. The Morgan fingerprint density at radius 1 is 1.17 bits per heavy atom. The number of allylic oxidation sites excluding steroid dienone is 1. The van der Waals surface area contributed by atoms with Crippen LogP contribution in [0.25, 0.3) is 0 Å². The molecule has 0 saturated carbocycles. The number of benzene rings is 2. The maximum atomic E-state index is 13.1. The molecular formula is C22H23N5O3. The van der Waals surface area contributed by atoms with Gasteiger partial charge in [-0.2, -0.15) is 4.68 Å². The Hall–Kier alpha value is -3.68.